The van der Waals surface area contributed by atoms with Crippen molar-refractivity contribution in [3.63, 3.8) is 0 Å². The third-order valence-electron chi connectivity index (χ3n) is 3.73. The number of nitrogens with one attached hydrogen (secondary N) is 2. The van der Waals surface area contributed by atoms with Crippen molar-refractivity contribution in [1.29, 1.82) is 0 Å². The first-order chi connectivity index (χ1) is 12.2. The van der Waals surface area contributed by atoms with E-state index in [2.05, 4.69) is 22.8 Å². The number of anilines is 1. The topological polar surface area (TPSA) is 62.7 Å². The zero-order valence-corrected chi connectivity index (χ0v) is 14.8. The Morgan fingerprint density at radius 2 is 1.80 bits per heavy atom. The van der Waals surface area contributed by atoms with E-state index in [1.54, 1.807) is 7.11 Å². The van der Waals surface area contributed by atoms with E-state index in [0.717, 1.165) is 42.0 Å². The van der Waals surface area contributed by atoms with E-state index in [0.29, 0.717) is 0 Å². The average molecular weight is 339 g/mol. The number of benzene rings is 2. The first kappa shape index (κ1) is 18.5. The van der Waals surface area contributed by atoms with Gasteiger partial charge in [-0.05, 0) is 42.7 Å². The molecule has 25 heavy (non-hydrogen) atoms. The molecule has 5 heteroatoms. The molecule has 2 aromatic rings. The van der Waals surface area contributed by atoms with Crippen LogP contribution in [0.15, 0.2) is 59.7 Å². The monoisotopic (exact) mass is 339 g/mol. The number of hydrogen-bond acceptors (Lipinski definition) is 4. The highest BCUT2D eigenvalue weighted by molar-refractivity contribution is 6.01. The molecule has 0 unspecified atom stereocenters. The summed E-state index contributed by atoms with van der Waals surface area (Å²) in [6.07, 6.45) is 2.96. The number of carbonyl (C=O) groups excluding carboxylic acids is 1. The highest BCUT2D eigenvalue weighted by Gasteiger charge is 2.05. The van der Waals surface area contributed by atoms with Gasteiger partial charge < -0.3 is 10.1 Å². The van der Waals surface area contributed by atoms with E-state index < -0.39 is 0 Å². The summed E-state index contributed by atoms with van der Waals surface area (Å²) in [5.41, 5.74) is 5.44. The molecule has 0 aliphatic carbocycles. The summed E-state index contributed by atoms with van der Waals surface area (Å²) in [7, 11) is 1.62. The van der Waals surface area contributed by atoms with Crippen molar-refractivity contribution in [3.05, 3.63) is 60.2 Å². The number of hydrazone groups is 1. The fourth-order valence-electron chi connectivity index (χ4n) is 2.30. The number of amides is 1. The largest absolute Gasteiger partial charge is 0.497 e. The summed E-state index contributed by atoms with van der Waals surface area (Å²) < 4.78 is 5.11. The Kier molecular flexibility index (Phi) is 7.50. The molecule has 2 N–H and O–H groups in total. The molecule has 0 spiro atoms. The Hall–Kier alpha value is -2.82. The third-order valence-corrected chi connectivity index (χ3v) is 3.73. The van der Waals surface area contributed by atoms with Gasteiger partial charge in [0.1, 0.15) is 5.75 Å². The summed E-state index contributed by atoms with van der Waals surface area (Å²) in [5, 5.41) is 7.39. The Morgan fingerprint density at radius 3 is 2.44 bits per heavy atom. The summed E-state index contributed by atoms with van der Waals surface area (Å²) in [5.74, 6) is 0.601. The van der Waals surface area contributed by atoms with Crippen molar-refractivity contribution < 1.29 is 9.53 Å². The fraction of sp³-hybridized carbons (Fsp3) is 0.300. The van der Waals surface area contributed by atoms with Gasteiger partial charge in [0.25, 0.3) is 5.91 Å². The molecule has 0 heterocycles. The van der Waals surface area contributed by atoms with Crippen LogP contribution in [-0.4, -0.2) is 25.3 Å². The van der Waals surface area contributed by atoms with Crippen LogP contribution in [0.4, 0.5) is 5.69 Å². The molecule has 2 aromatic carbocycles. The van der Waals surface area contributed by atoms with Gasteiger partial charge in [-0.15, -0.1) is 0 Å². The van der Waals surface area contributed by atoms with Crippen LogP contribution < -0.4 is 15.5 Å². The van der Waals surface area contributed by atoms with Gasteiger partial charge in [0, 0.05) is 5.69 Å². The maximum absolute atomic E-state index is 12.0. The molecule has 0 aliphatic rings. The number of carbonyl (C=O) groups is 1. The third kappa shape index (κ3) is 6.30. The summed E-state index contributed by atoms with van der Waals surface area (Å²) in [6, 6.07) is 17.4. The van der Waals surface area contributed by atoms with Gasteiger partial charge >= 0.3 is 0 Å². The Labute approximate surface area is 149 Å². The van der Waals surface area contributed by atoms with Crippen LogP contribution in [0.25, 0.3) is 0 Å². The van der Waals surface area contributed by atoms with Crippen LogP contribution in [0.2, 0.25) is 0 Å². The first-order valence-corrected chi connectivity index (χ1v) is 8.51. The maximum Gasteiger partial charge on any atom is 0.259 e. The summed E-state index contributed by atoms with van der Waals surface area (Å²) in [4.78, 5) is 12.0. The van der Waals surface area contributed by atoms with Crippen molar-refractivity contribution in [2.24, 2.45) is 5.10 Å². The van der Waals surface area contributed by atoms with E-state index in [1.165, 1.54) is 0 Å². The predicted octanol–water partition coefficient (Wildman–Crippen LogP) is 3.82. The average Bonchev–Trinajstić information content (AvgIpc) is 2.67. The van der Waals surface area contributed by atoms with Gasteiger partial charge in [0.05, 0.1) is 19.4 Å². The minimum absolute atomic E-state index is 0.158. The first-order valence-electron chi connectivity index (χ1n) is 8.51. The lowest BCUT2D eigenvalue weighted by Crippen LogP contribution is -2.27. The second-order valence-electron chi connectivity index (χ2n) is 5.65. The van der Waals surface area contributed by atoms with Crippen LogP contribution in [0.1, 0.15) is 31.7 Å². The maximum atomic E-state index is 12.0. The van der Waals surface area contributed by atoms with Gasteiger partial charge in [-0.3, -0.25) is 4.79 Å². The normalized spacial score (nSPS) is 11.0. The van der Waals surface area contributed by atoms with Crippen LogP contribution in [0.3, 0.4) is 0 Å². The molecule has 132 valence electrons. The van der Waals surface area contributed by atoms with Crippen LogP contribution in [0.5, 0.6) is 5.75 Å². The van der Waals surface area contributed by atoms with E-state index in [9.17, 15) is 4.79 Å². The molecule has 2 rings (SSSR count). The quantitative estimate of drug-likeness (QED) is 0.539. The van der Waals surface area contributed by atoms with Crippen molar-refractivity contribution >= 4 is 17.3 Å². The fourth-order valence-corrected chi connectivity index (χ4v) is 2.30. The van der Waals surface area contributed by atoms with Crippen molar-refractivity contribution in [3.8, 4) is 5.75 Å². The lowest BCUT2D eigenvalue weighted by atomic mass is 10.1. The Bertz CT molecular complexity index is 682. The van der Waals surface area contributed by atoms with Crippen LogP contribution >= 0.6 is 0 Å². The predicted molar refractivity (Wildman–Crippen MR) is 102 cm³/mol. The SMILES string of the molecule is CCCCC(=NNC(=O)CNc1ccc(OC)cc1)c1ccccc1. The van der Waals surface area contributed by atoms with Gasteiger partial charge in [0.2, 0.25) is 0 Å². The van der Waals surface area contributed by atoms with Gasteiger partial charge in [0.15, 0.2) is 0 Å². The smallest absolute Gasteiger partial charge is 0.259 e. The van der Waals surface area contributed by atoms with Crippen molar-refractivity contribution in [1.82, 2.24) is 5.43 Å². The molecule has 0 aromatic heterocycles. The molecule has 0 atom stereocenters. The number of ether oxygens (including phenoxy) is 1. The Morgan fingerprint density at radius 1 is 1.08 bits per heavy atom. The molecule has 5 nitrogen and oxygen atoms in total. The van der Waals surface area contributed by atoms with Crippen LogP contribution in [0, 0.1) is 0 Å². The second kappa shape index (κ2) is 10.1. The highest BCUT2D eigenvalue weighted by atomic mass is 16.5. The number of nitrogens with zero attached hydrogens (tertiary/aromatic N) is 1. The van der Waals surface area contributed by atoms with Crippen molar-refractivity contribution in [2.45, 2.75) is 26.2 Å². The molecule has 0 saturated carbocycles. The lowest BCUT2D eigenvalue weighted by molar-refractivity contribution is -0.119. The lowest BCUT2D eigenvalue weighted by Gasteiger charge is -2.09. The van der Waals surface area contributed by atoms with E-state index >= 15 is 0 Å². The summed E-state index contributed by atoms with van der Waals surface area (Å²) >= 11 is 0. The van der Waals surface area contributed by atoms with Gasteiger partial charge in [-0.1, -0.05) is 43.7 Å². The number of rotatable bonds is 9. The molecule has 0 bridgehead atoms. The Balaban J connectivity index is 1.91. The standard InChI is InChI=1S/C20H25N3O2/c1-3-4-10-19(16-8-6-5-7-9-16)22-23-20(24)15-21-17-11-13-18(25-2)14-12-17/h5-9,11-14,21H,3-4,10,15H2,1-2H3,(H,23,24). The second-order valence-corrected chi connectivity index (χ2v) is 5.65. The molecule has 0 saturated heterocycles. The molecule has 0 radical (unpaired) electrons. The number of methoxy groups -OCH3 is 1. The molecular formula is C20H25N3O2. The molecular weight excluding hydrogens is 314 g/mol. The van der Waals surface area contributed by atoms with Crippen LogP contribution in [-0.2, 0) is 4.79 Å². The highest BCUT2D eigenvalue weighted by Crippen LogP contribution is 2.14. The molecule has 0 fully saturated rings. The summed E-state index contributed by atoms with van der Waals surface area (Å²) in [6.45, 7) is 2.30. The molecule has 1 amide bonds. The van der Waals surface area contributed by atoms with Crippen molar-refractivity contribution in [2.75, 3.05) is 19.0 Å². The van der Waals surface area contributed by atoms with Gasteiger partial charge in [-0.25, -0.2) is 5.43 Å². The minimum Gasteiger partial charge on any atom is -0.497 e. The number of unbranched alkanes of at least 4 members (excludes halogenated alkanes) is 1. The zero-order chi connectivity index (χ0) is 17.9. The van der Waals surface area contributed by atoms with E-state index in [1.807, 2.05) is 54.6 Å². The number of hydrogen-bond donors (Lipinski definition) is 2. The van der Waals surface area contributed by atoms with Gasteiger partial charge in [-0.2, -0.15) is 5.10 Å². The molecule has 0 aliphatic heterocycles. The van der Waals surface area contributed by atoms with E-state index in [-0.39, 0.29) is 12.5 Å². The van der Waals surface area contributed by atoms with E-state index in [4.69, 9.17) is 4.74 Å². The minimum atomic E-state index is -0.180. The zero-order valence-electron chi connectivity index (χ0n) is 14.8.